The average molecular weight is 497 g/mol. The molecule has 0 saturated carbocycles. The first-order valence-corrected chi connectivity index (χ1v) is 8.07. The van der Waals surface area contributed by atoms with Gasteiger partial charge in [-0.1, -0.05) is 0 Å². The lowest BCUT2D eigenvalue weighted by atomic mass is 10.1. The van der Waals surface area contributed by atoms with Gasteiger partial charge in [-0.2, -0.15) is 5.10 Å². The Morgan fingerprint density at radius 3 is 2.41 bits per heavy atom. The fourth-order valence-electron chi connectivity index (χ4n) is 2.56. The van der Waals surface area contributed by atoms with Gasteiger partial charge in [0.2, 0.25) is 0 Å². The molecule has 1 aromatic heterocycles. The normalized spacial score (nSPS) is 11.9. The van der Waals surface area contributed by atoms with Crippen molar-refractivity contribution < 1.29 is 17.9 Å². The minimum absolute atomic E-state index is 0. The number of aryl methyl sites for hydroxylation is 2. The third-order valence-electron chi connectivity index (χ3n) is 3.89. The molecule has 0 spiro atoms. The number of ether oxygens (including phenoxy) is 1. The number of anilines is 1. The molecule has 0 saturated heterocycles. The van der Waals surface area contributed by atoms with Crippen LogP contribution in [-0.4, -0.2) is 28.6 Å². The standard InChI is InChI=1S/C17H22F3N5O.HI/c1-11-15(12(2)25(3)24-11)5-4-10-22-16(21)23-13-6-8-14(9-7-13)26-17(18,19)20;/h6-9H,4-5,10H2,1-3H3,(H3,21,22,23);1H. The average Bonchev–Trinajstić information content (AvgIpc) is 2.78. The van der Waals surface area contributed by atoms with Crippen LogP contribution in [0.2, 0.25) is 0 Å². The molecular weight excluding hydrogens is 474 g/mol. The number of hydrogen-bond acceptors (Lipinski definition) is 3. The molecule has 2 aromatic rings. The van der Waals surface area contributed by atoms with Crippen molar-refractivity contribution in [2.24, 2.45) is 17.8 Å². The summed E-state index contributed by atoms with van der Waals surface area (Å²) in [5.41, 5.74) is 9.70. The zero-order valence-corrected chi connectivity index (χ0v) is 17.6. The number of nitrogens with one attached hydrogen (secondary N) is 1. The summed E-state index contributed by atoms with van der Waals surface area (Å²) in [7, 11) is 1.91. The number of hydrogen-bond donors (Lipinski definition) is 2. The van der Waals surface area contributed by atoms with E-state index in [1.54, 1.807) is 0 Å². The summed E-state index contributed by atoms with van der Waals surface area (Å²) in [4.78, 5) is 4.23. The van der Waals surface area contributed by atoms with Crippen LogP contribution in [0.5, 0.6) is 5.75 Å². The summed E-state index contributed by atoms with van der Waals surface area (Å²) in [6, 6.07) is 5.28. The lowest BCUT2D eigenvalue weighted by Gasteiger charge is -2.10. The second kappa shape index (κ2) is 9.81. The van der Waals surface area contributed by atoms with E-state index in [1.165, 1.54) is 29.8 Å². The van der Waals surface area contributed by atoms with Crippen LogP contribution in [0.4, 0.5) is 18.9 Å². The molecule has 1 aromatic carbocycles. The Kier molecular flexibility index (Phi) is 8.38. The van der Waals surface area contributed by atoms with Crippen LogP contribution in [0.25, 0.3) is 0 Å². The molecule has 0 unspecified atom stereocenters. The van der Waals surface area contributed by atoms with Gasteiger partial charge in [-0.3, -0.25) is 9.67 Å². The number of nitrogens with zero attached hydrogens (tertiary/aromatic N) is 3. The summed E-state index contributed by atoms with van der Waals surface area (Å²) in [5, 5.41) is 7.20. The number of guanidine groups is 1. The van der Waals surface area contributed by atoms with Crippen LogP contribution in [0.1, 0.15) is 23.4 Å². The topological polar surface area (TPSA) is 77.5 Å². The van der Waals surface area contributed by atoms with E-state index in [0.717, 1.165) is 24.2 Å². The number of nitrogens with two attached hydrogens (primary N) is 1. The Morgan fingerprint density at radius 1 is 1.26 bits per heavy atom. The van der Waals surface area contributed by atoms with Crippen molar-refractivity contribution in [1.29, 1.82) is 0 Å². The van der Waals surface area contributed by atoms with E-state index in [-0.39, 0.29) is 35.7 Å². The molecular formula is C17H23F3IN5O. The van der Waals surface area contributed by atoms with Gasteiger partial charge in [0.05, 0.1) is 5.69 Å². The van der Waals surface area contributed by atoms with Gasteiger partial charge in [0.1, 0.15) is 5.75 Å². The monoisotopic (exact) mass is 497 g/mol. The van der Waals surface area contributed by atoms with Crippen molar-refractivity contribution in [2.45, 2.75) is 33.1 Å². The third kappa shape index (κ3) is 7.27. The first kappa shape index (κ1) is 23.1. The first-order chi connectivity index (χ1) is 12.2. The molecule has 0 atom stereocenters. The number of rotatable bonds is 6. The second-order valence-electron chi connectivity index (χ2n) is 5.84. The number of alkyl halides is 3. The van der Waals surface area contributed by atoms with Crippen LogP contribution in [-0.2, 0) is 13.5 Å². The van der Waals surface area contributed by atoms with Gasteiger partial charge >= 0.3 is 6.36 Å². The van der Waals surface area contributed by atoms with Gasteiger partial charge in [0.15, 0.2) is 5.96 Å². The fraction of sp³-hybridized carbons (Fsp3) is 0.412. The van der Waals surface area contributed by atoms with E-state index in [0.29, 0.717) is 12.2 Å². The molecule has 6 nitrogen and oxygen atoms in total. The maximum atomic E-state index is 12.1. The van der Waals surface area contributed by atoms with Gasteiger partial charge < -0.3 is 15.8 Å². The van der Waals surface area contributed by atoms with E-state index in [1.807, 2.05) is 25.6 Å². The summed E-state index contributed by atoms with van der Waals surface area (Å²) < 4.78 is 42.0. The van der Waals surface area contributed by atoms with Crippen molar-refractivity contribution in [3.63, 3.8) is 0 Å². The quantitative estimate of drug-likeness (QED) is 0.275. The van der Waals surface area contributed by atoms with Gasteiger partial charge in [0, 0.05) is 25.0 Å². The Morgan fingerprint density at radius 2 is 1.89 bits per heavy atom. The maximum absolute atomic E-state index is 12.1. The Bertz CT molecular complexity index is 772. The molecule has 3 N–H and O–H groups in total. The highest BCUT2D eigenvalue weighted by atomic mass is 127. The molecule has 0 fully saturated rings. The Labute approximate surface area is 173 Å². The predicted octanol–water partition coefficient (Wildman–Crippen LogP) is 3.91. The van der Waals surface area contributed by atoms with Gasteiger partial charge in [-0.25, -0.2) is 0 Å². The zero-order valence-electron chi connectivity index (χ0n) is 15.3. The highest BCUT2D eigenvalue weighted by Crippen LogP contribution is 2.23. The summed E-state index contributed by atoms with van der Waals surface area (Å²) in [6.07, 6.45) is -3.04. The summed E-state index contributed by atoms with van der Waals surface area (Å²) in [6.45, 7) is 4.54. The maximum Gasteiger partial charge on any atom is 0.573 e. The number of aromatic nitrogens is 2. The van der Waals surface area contributed by atoms with E-state index >= 15 is 0 Å². The van der Waals surface area contributed by atoms with Crippen molar-refractivity contribution in [3.8, 4) is 5.75 Å². The molecule has 0 bridgehead atoms. The molecule has 27 heavy (non-hydrogen) atoms. The molecule has 150 valence electrons. The van der Waals surface area contributed by atoms with E-state index in [4.69, 9.17) is 5.73 Å². The minimum atomic E-state index is -4.71. The van der Waals surface area contributed by atoms with Crippen LogP contribution >= 0.6 is 24.0 Å². The molecule has 10 heteroatoms. The third-order valence-corrected chi connectivity index (χ3v) is 3.89. The number of benzene rings is 1. The lowest BCUT2D eigenvalue weighted by Crippen LogP contribution is -2.23. The molecule has 0 amide bonds. The van der Waals surface area contributed by atoms with E-state index in [9.17, 15) is 13.2 Å². The van der Waals surface area contributed by atoms with Crippen LogP contribution in [0.15, 0.2) is 29.3 Å². The van der Waals surface area contributed by atoms with Crippen molar-refractivity contribution >= 4 is 35.6 Å². The molecule has 0 aliphatic rings. The van der Waals surface area contributed by atoms with Crippen LogP contribution in [0, 0.1) is 13.8 Å². The SMILES string of the molecule is Cc1nn(C)c(C)c1CCCN=C(N)Nc1ccc(OC(F)(F)F)cc1.I. The van der Waals surface area contributed by atoms with Gasteiger partial charge in [0.25, 0.3) is 0 Å². The summed E-state index contributed by atoms with van der Waals surface area (Å²) >= 11 is 0. The number of aliphatic imine (C=N–C) groups is 1. The number of halogens is 4. The smallest absolute Gasteiger partial charge is 0.406 e. The van der Waals surface area contributed by atoms with Crippen molar-refractivity contribution in [3.05, 3.63) is 41.2 Å². The molecule has 0 aliphatic heterocycles. The fourth-order valence-corrected chi connectivity index (χ4v) is 2.56. The zero-order chi connectivity index (χ0) is 19.3. The molecule has 0 radical (unpaired) electrons. The van der Waals surface area contributed by atoms with Crippen LogP contribution in [0.3, 0.4) is 0 Å². The molecule has 1 heterocycles. The second-order valence-corrected chi connectivity index (χ2v) is 5.84. The summed E-state index contributed by atoms with van der Waals surface area (Å²) in [5.74, 6) is -0.0881. The van der Waals surface area contributed by atoms with Gasteiger partial charge in [-0.05, 0) is 56.5 Å². The largest absolute Gasteiger partial charge is 0.573 e. The van der Waals surface area contributed by atoms with Crippen molar-refractivity contribution in [2.75, 3.05) is 11.9 Å². The van der Waals surface area contributed by atoms with E-state index < -0.39 is 6.36 Å². The predicted molar refractivity (Wildman–Crippen MR) is 110 cm³/mol. The van der Waals surface area contributed by atoms with Crippen LogP contribution < -0.4 is 15.8 Å². The van der Waals surface area contributed by atoms with Gasteiger partial charge in [-0.15, -0.1) is 37.1 Å². The molecule has 0 aliphatic carbocycles. The highest BCUT2D eigenvalue weighted by Gasteiger charge is 2.30. The lowest BCUT2D eigenvalue weighted by molar-refractivity contribution is -0.274. The minimum Gasteiger partial charge on any atom is -0.406 e. The first-order valence-electron chi connectivity index (χ1n) is 8.07. The highest BCUT2D eigenvalue weighted by molar-refractivity contribution is 14.0. The van der Waals surface area contributed by atoms with E-state index in [2.05, 4.69) is 20.1 Å². The van der Waals surface area contributed by atoms with Crippen molar-refractivity contribution in [1.82, 2.24) is 9.78 Å². The Hall–Kier alpha value is -1.98. The Balaban J connectivity index is 0.00000364. The molecule has 2 rings (SSSR count).